The van der Waals surface area contributed by atoms with Crippen LogP contribution >= 0.6 is 11.6 Å². The number of nitrogens with zero attached hydrogens (tertiary/aromatic N) is 1. The molecule has 1 aliphatic rings. The van der Waals surface area contributed by atoms with E-state index in [0.29, 0.717) is 23.7 Å². The molecule has 36 heavy (non-hydrogen) atoms. The van der Waals surface area contributed by atoms with E-state index in [0.717, 1.165) is 42.4 Å². The highest BCUT2D eigenvalue weighted by molar-refractivity contribution is 6.31. The number of aryl methyl sites for hydroxylation is 1. The molecule has 1 atom stereocenters. The summed E-state index contributed by atoms with van der Waals surface area (Å²) in [5.74, 6) is 0.214. The smallest absolute Gasteiger partial charge is 0.261 e. The molecule has 0 saturated heterocycles. The predicted octanol–water partition coefficient (Wildman–Crippen LogP) is 5.73. The molecule has 0 aliphatic heterocycles. The maximum Gasteiger partial charge on any atom is 0.261 e. The highest BCUT2D eigenvalue weighted by Gasteiger charge is 2.32. The molecule has 0 heterocycles. The van der Waals surface area contributed by atoms with Gasteiger partial charge in [-0.1, -0.05) is 85.1 Å². The van der Waals surface area contributed by atoms with E-state index in [4.69, 9.17) is 16.3 Å². The number of carbonyl (C=O) groups excluding carboxylic acids is 2. The Morgan fingerprint density at radius 3 is 2.25 bits per heavy atom. The number of halogens is 1. The first kappa shape index (κ1) is 25.8. The molecule has 4 rings (SSSR count). The average molecular weight is 505 g/mol. The quantitative estimate of drug-likeness (QED) is 0.384. The molecule has 0 radical (unpaired) electrons. The lowest BCUT2D eigenvalue weighted by molar-refractivity contribution is -0.143. The topological polar surface area (TPSA) is 58.6 Å². The summed E-state index contributed by atoms with van der Waals surface area (Å²) in [6.45, 7) is 2.04. The van der Waals surface area contributed by atoms with Gasteiger partial charge >= 0.3 is 0 Å². The van der Waals surface area contributed by atoms with Crippen LogP contribution in [0.4, 0.5) is 0 Å². The Kier molecular flexibility index (Phi) is 9.01. The van der Waals surface area contributed by atoms with E-state index >= 15 is 0 Å². The van der Waals surface area contributed by atoms with Gasteiger partial charge in [-0.2, -0.15) is 0 Å². The summed E-state index contributed by atoms with van der Waals surface area (Å²) in [5.41, 5.74) is 2.84. The zero-order valence-electron chi connectivity index (χ0n) is 20.7. The molecule has 3 aromatic rings. The molecule has 6 heteroatoms. The molecule has 2 amide bonds. The summed E-state index contributed by atoms with van der Waals surface area (Å²) in [6.07, 6.45) is 4.63. The lowest BCUT2D eigenvalue weighted by Crippen LogP contribution is -2.53. The van der Waals surface area contributed by atoms with E-state index in [2.05, 4.69) is 5.32 Å². The Labute approximate surface area is 218 Å². The van der Waals surface area contributed by atoms with Gasteiger partial charge in [0.1, 0.15) is 11.8 Å². The van der Waals surface area contributed by atoms with Gasteiger partial charge in [0.15, 0.2) is 6.61 Å². The summed E-state index contributed by atoms with van der Waals surface area (Å²) >= 11 is 6.13. The molecular formula is C30H33ClN2O3. The summed E-state index contributed by atoms with van der Waals surface area (Å²) < 4.78 is 5.85. The van der Waals surface area contributed by atoms with Crippen LogP contribution in [0.25, 0.3) is 0 Å². The SMILES string of the molecule is Cc1cc(OCC(=O)N(Cc2ccccc2)[C@@H](Cc2ccccc2)C(=O)NC2CCCC2)ccc1Cl. The molecule has 1 aliphatic carbocycles. The third-order valence-electron chi connectivity index (χ3n) is 6.66. The molecule has 5 nitrogen and oxygen atoms in total. The van der Waals surface area contributed by atoms with Gasteiger partial charge < -0.3 is 15.0 Å². The molecule has 0 unspecified atom stereocenters. The second kappa shape index (κ2) is 12.6. The number of benzene rings is 3. The van der Waals surface area contributed by atoms with E-state index in [-0.39, 0.29) is 24.5 Å². The van der Waals surface area contributed by atoms with Gasteiger partial charge in [0, 0.05) is 24.0 Å². The van der Waals surface area contributed by atoms with Gasteiger partial charge in [0.25, 0.3) is 5.91 Å². The Morgan fingerprint density at radius 1 is 0.972 bits per heavy atom. The van der Waals surface area contributed by atoms with E-state index < -0.39 is 6.04 Å². The third-order valence-corrected chi connectivity index (χ3v) is 7.08. The number of amides is 2. The van der Waals surface area contributed by atoms with Gasteiger partial charge in [-0.3, -0.25) is 9.59 Å². The Morgan fingerprint density at radius 2 is 1.61 bits per heavy atom. The second-order valence-corrected chi connectivity index (χ2v) is 9.81. The van der Waals surface area contributed by atoms with Crippen molar-refractivity contribution in [3.8, 4) is 5.75 Å². The minimum Gasteiger partial charge on any atom is -0.484 e. The van der Waals surface area contributed by atoms with Crippen molar-refractivity contribution in [2.75, 3.05) is 6.61 Å². The van der Waals surface area contributed by atoms with Gasteiger partial charge in [0.05, 0.1) is 0 Å². The molecule has 1 saturated carbocycles. The van der Waals surface area contributed by atoms with E-state index in [1.54, 1.807) is 17.0 Å². The van der Waals surface area contributed by atoms with Crippen molar-refractivity contribution in [3.63, 3.8) is 0 Å². The zero-order valence-corrected chi connectivity index (χ0v) is 21.4. The van der Waals surface area contributed by atoms with Crippen molar-refractivity contribution in [1.29, 1.82) is 0 Å². The van der Waals surface area contributed by atoms with Gasteiger partial charge in [-0.25, -0.2) is 0 Å². The lowest BCUT2D eigenvalue weighted by atomic mass is 10.0. The monoisotopic (exact) mass is 504 g/mol. The van der Waals surface area contributed by atoms with Crippen molar-refractivity contribution >= 4 is 23.4 Å². The van der Waals surface area contributed by atoms with Crippen LogP contribution in [0.5, 0.6) is 5.75 Å². The number of carbonyl (C=O) groups is 2. The highest BCUT2D eigenvalue weighted by atomic mass is 35.5. The predicted molar refractivity (Wildman–Crippen MR) is 143 cm³/mol. The first-order valence-corrected chi connectivity index (χ1v) is 12.9. The Balaban J connectivity index is 1.59. The summed E-state index contributed by atoms with van der Waals surface area (Å²) in [6, 6.07) is 24.4. The second-order valence-electron chi connectivity index (χ2n) is 9.40. The fourth-order valence-corrected chi connectivity index (χ4v) is 4.75. The van der Waals surface area contributed by atoms with Crippen LogP contribution in [0, 0.1) is 6.92 Å². The molecule has 3 aromatic carbocycles. The summed E-state index contributed by atoms with van der Waals surface area (Å²) in [7, 11) is 0. The van der Waals surface area contributed by atoms with Crippen LogP contribution in [0.1, 0.15) is 42.4 Å². The van der Waals surface area contributed by atoms with Crippen molar-refractivity contribution < 1.29 is 14.3 Å². The van der Waals surface area contributed by atoms with Crippen LogP contribution in [0.2, 0.25) is 5.02 Å². The first-order chi connectivity index (χ1) is 17.5. The van der Waals surface area contributed by atoms with Crippen molar-refractivity contribution in [2.45, 2.75) is 57.7 Å². The number of rotatable bonds is 10. The standard InChI is InChI=1S/C30H33ClN2O3/c1-22-18-26(16-17-27(22)31)36-21-29(34)33(20-24-12-6-3-7-13-24)28(19-23-10-4-2-5-11-23)30(35)32-25-14-8-9-15-25/h2-7,10-13,16-18,25,28H,8-9,14-15,19-21H2,1H3,(H,32,35)/t28-/m0/s1. The molecule has 0 bridgehead atoms. The number of hydrogen-bond acceptors (Lipinski definition) is 3. The third kappa shape index (κ3) is 7.11. The van der Waals surface area contributed by atoms with Gasteiger partial charge in [-0.05, 0) is 54.7 Å². The summed E-state index contributed by atoms with van der Waals surface area (Å²) in [5, 5.41) is 3.86. The molecule has 0 aromatic heterocycles. The molecule has 0 spiro atoms. The number of ether oxygens (including phenoxy) is 1. The maximum atomic E-state index is 13.6. The minimum absolute atomic E-state index is 0.114. The molecular weight excluding hydrogens is 472 g/mol. The van der Waals surface area contributed by atoms with Crippen LogP contribution in [0.3, 0.4) is 0 Å². The van der Waals surface area contributed by atoms with E-state index in [1.807, 2.05) is 73.7 Å². The maximum absolute atomic E-state index is 13.6. The van der Waals surface area contributed by atoms with E-state index in [1.165, 1.54) is 0 Å². The van der Waals surface area contributed by atoms with Crippen molar-refractivity contribution in [1.82, 2.24) is 10.2 Å². The zero-order chi connectivity index (χ0) is 25.3. The fourth-order valence-electron chi connectivity index (χ4n) is 4.64. The highest BCUT2D eigenvalue weighted by Crippen LogP contribution is 2.22. The van der Waals surface area contributed by atoms with Crippen molar-refractivity contribution in [2.24, 2.45) is 0 Å². The van der Waals surface area contributed by atoms with Gasteiger partial charge in [0.2, 0.25) is 5.91 Å². The number of nitrogens with one attached hydrogen (secondary N) is 1. The largest absolute Gasteiger partial charge is 0.484 e. The van der Waals surface area contributed by atoms with Crippen molar-refractivity contribution in [3.05, 3.63) is 101 Å². The normalized spacial score (nSPS) is 14.3. The first-order valence-electron chi connectivity index (χ1n) is 12.6. The van der Waals surface area contributed by atoms with Crippen LogP contribution in [-0.2, 0) is 22.6 Å². The average Bonchev–Trinajstić information content (AvgIpc) is 3.41. The Hall–Kier alpha value is -3.31. The van der Waals surface area contributed by atoms with E-state index in [9.17, 15) is 9.59 Å². The van der Waals surface area contributed by atoms with Crippen LogP contribution in [-0.4, -0.2) is 35.4 Å². The molecule has 1 fully saturated rings. The lowest BCUT2D eigenvalue weighted by Gasteiger charge is -2.32. The summed E-state index contributed by atoms with van der Waals surface area (Å²) in [4.78, 5) is 28.9. The fraction of sp³-hybridized carbons (Fsp3) is 0.333. The minimum atomic E-state index is -0.656. The molecule has 188 valence electrons. The molecule has 1 N–H and O–H groups in total. The Bertz CT molecular complexity index is 1150. The van der Waals surface area contributed by atoms with Gasteiger partial charge in [-0.15, -0.1) is 0 Å². The van der Waals surface area contributed by atoms with Crippen LogP contribution < -0.4 is 10.1 Å². The van der Waals surface area contributed by atoms with Crippen LogP contribution in [0.15, 0.2) is 78.9 Å². The number of hydrogen-bond donors (Lipinski definition) is 1.